The minimum atomic E-state index is -1.25. The molecule has 0 aromatic carbocycles. The molecular formula is C51H91NO4. The number of amides is 1. The van der Waals surface area contributed by atoms with E-state index in [-0.39, 0.29) is 12.5 Å². The normalized spacial score (nSPS) is 38.5. The van der Waals surface area contributed by atoms with Crippen molar-refractivity contribution in [2.45, 2.75) is 234 Å². The molecule has 0 aromatic rings. The van der Waals surface area contributed by atoms with Crippen molar-refractivity contribution in [3.8, 4) is 0 Å². The number of hydrogen-bond donors (Lipinski definition) is 4. The molecule has 324 valence electrons. The predicted molar refractivity (Wildman–Crippen MR) is 234 cm³/mol. The summed E-state index contributed by atoms with van der Waals surface area (Å²) in [5.41, 5.74) is 2.19. The first-order valence-electron chi connectivity index (χ1n) is 24.5. The maximum absolute atomic E-state index is 12.5. The van der Waals surface area contributed by atoms with Crippen molar-refractivity contribution in [1.29, 1.82) is 0 Å². The lowest BCUT2D eigenvalue weighted by Gasteiger charge is -2.73. The van der Waals surface area contributed by atoms with Crippen molar-refractivity contribution in [2.75, 3.05) is 6.54 Å². The molecular weight excluding hydrogens is 691 g/mol. The minimum Gasteiger partial charge on any atom is -0.390 e. The number of rotatable bonds is 21. The van der Waals surface area contributed by atoms with Crippen LogP contribution in [0.15, 0.2) is 12.2 Å². The van der Waals surface area contributed by atoms with Crippen molar-refractivity contribution in [1.82, 2.24) is 5.32 Å². The maximum atomic E-state index is 12.5. The number of carbonyl (C=O) groups is 1. The van der Waals surface area contributed by atoms with Gasteiger partial charge in [0.15, 0.2) is 0 Å². The summed E-state index contributed by atoms with van der Waals surface area (Å²) in [4.78, 5) is 12.5. The Morgan fingerprint density at radius 3 is 1.95 bits per heavy atom. The van der Waals surface area contributed by atoms with Gasteiger partial charge in [0.25, 0.3) is 0 Å². The second-order valence-electron chi connectivity index (χ2n) is 22.4. The van der Waals surface area contributed by atoms with E-state index in [9.17, 15) is 20.1 Å². The zero-order chi connectivity index (χ0) is 40.8. The van der Waals surface area contributed by atoms with Crippen LogP contribution in [0.2, 0.25) is 0 Å². The van der Waals surface area contributed by atoms with Crippen molar-refractivity contribution < 1.29 is 20.1 Å². The molecule has 1 amide bonds. The summed E-state index contributed by atoms with van der Waals surface area (Å²) in [5.74, 6) is 4.32. The molecule has 0 saturated heterocycles. The average Bonchev–Trinajstić information content (AvgIpc) is 3.51. The molecule has 0 aromatic heterocycles. The molecule has 0 radical (unpaired) electrons. The number of carbonyl (C=O) groups excluding carboxylic acids is 1. The van der Waals surface area contributed by atoms with Gasteiger partial charge in [0.2, 0.25) is 5.91 Å². The van der Waals surface area contributed by atoms with E-state index in [1.54, 1.807) is 0 Å². The Bertz CT molecular complexity index is 1260. The molecule has 5 saturated carbocycles. The van der Waals surface area contributed by atoms with Crippen molar-refractivity contribution in [3.05, 3.63) is 12.2 Å². The number of aliphatic hydroxyl groups excluding tert-OH is 3. The third-order valence-corrected chi connectivity index (χ3v) is 18.9. The van der Waals surface area contributed by atoms with Crippen molar-refractivity contribution >= 4 is 5.91 Å². The van der Waals surface area contributed by atoms with Crippen LogP contribution in [-0.2, 0) is 4.79 Å². The molecule has 5 rings (SSSR count). The first kappa shape index (κ1) is 46.2. The number of nitrogens with one attached hydrogen (secondary N) is 1. The number of allylic oxidation sites excluding steroid dienone is 2. The second-order valence-corrected chi connectivity index (χ2v) is 22.4. The molecule has 5 aliphatic carbocycles. The summed E-state index contributed by atoms with van der Waals surface area (Å²) < 4.78 is 0. The zero-order valence-electron chi connectivity index (χ0n) is 38.0. The van der Waals surface area contributed by atoms with Crippen LogP contribution in [0.1, 0.15) is 216 Å². The van der Waals surface area contributed by atoms with E-state index in [0.29, 0.717) is 51.8 Å². The Labute approximate surface area is 345 Å². The molecule has 56 heavy (non-hydrogen) atoms. The van der Waals surface area contributed by atoms with Crippen LogP contribution >= 0.6 is 0 Å². The highest BCUT2D eigenvalue weighted by atomic mass is 16.4. The third-order valence-electron chi connectivity index (χ3n) is 18.9. The van der Waals surface area contributed by atoms with E-state index in [0.717, 1.165) is 55.8 Å². The minimum absolute atomic E-state index is 0.0159. The maximum Gasteiger partial charge on any atom is 0.220 e. The SMILES string of the molecule is CCCCCCC=CCCCCCCCC(=O)NCC(O)C(O)C(O)CCC(C)C1CCC2(C)C1CCC1(C)C2CCC2C3(C)CCCC(C)(C)C3CCC21C. The number of unbranched alkanes of at least 4 members (excludes halogenated alkanes) is 9. The van der Waals surface area contributed by atoms with Crippen LogP contribution in [0, 0.1) is 62.6 Å². The van der Waals surface area contributed by atoms with Gasteiger partial charge in [-0.25, -0.2) is 0 Å². The fraction of sp³-hybridized carbons (Fsp3) is 0.941. The summed E-state index contributed by atoms with van der Waals surface area (Å²) in [6.45, 7) is 20.7. The molecule has 13 unspecified atom stereocenters. The quantitative estimate of drug-likeness (QED) is 0.0690. The number of hydrogen-bond acceptors (Lipinski definition) is 4. The first-order valence-corrected chi connectivity index (χ1v) is 24.5. The molecule has 0 aliphatic heterocycles. The Balaban J connectivity index is 1.01. The van der Waals surface area contributed by atoms with Gasteiger partial charge in [-0.2, -0.15) is 0 Å². The van der Waals surface area contributed by atoms with Gasteiger partial charge < -0.3 is 20.6 Å². The summed E-state index contributed by atoms with van der Waals surface area (Å²) in [6, 6.07) is 0. The van der Waals surface area contributed by atoms with Gasteiger partial charge >= 0.3 is 0 Å². The topological polar surface area (TPSA) is 89.8 Å². The smallest absolute Gasteiger partial charge is 0.220 e. The Hall–Kier alpha value is -0.910. The van der Waals surface area contributed by atoms with E-state index < -0.39 is 18.3 Å². The summed E-state index contributed by atoms with van der Waals surface area (Å²) in [7, 11) is 0. The van der Waals surface area contributed by atoms with E-state index in [1.807, 2.05) is 0 Å². The summed E-state index contributed by atoms with van der Waals surface area (Å²) in [6.07, 6.45) is 31.4. The van der Waals surface area contributed by atoms with Gasteiger partial charge in [0, 0.05) is 13.0 Å². The van der Waals surface area contributed by atoms with Crippen molar-refractivity contribution in [3.63, 3.8) is 0 Å². The van der Waals surface area contributed by atoms with Crippen LogP contribution in [0.3, 0.4) is 0 Å². The van der Waals surface area contributed by atoms with Crippen LogP contribution in [0.4, 0.5) is 0 Å². The summed E-state index contributed by atoms with van der Waals surface area (Å²) >= 11 is 0. The van der Waals surface area contributed by atoms with Gasteiger partial charge in [-0.15, -0.1) is 0 Å². The van der Waals surface area contributed by atoms with Crippen LogP contribution < -0.4 is 5.32 Å². The highest BCUT2D eigenvalue weighted by molar-refractivity contribution is 5.75. The van der Waals surface area contributed by atoms with Crippen LogP contribution in [-0.4, -0.2) is 46.1 Å². The van der Waals surface area contributed by atoms with E-state index in [4.69, 9.17) is 0 Å². The number of aliphatic hydroxyl groups is 3. The molecule has 5 aliphatic rings. The Kier molecular flexibility index (Phi) is 16.2. The Morgan fingerprint density at radius 2 is 1.27 bits per heavy atom. The van der Waals surface area contributed by atoms with Gasteiger partial charge in [-0.3, -0.25) is 4.79 Å². The highest BCUT2D eigenvalue weighted by Gasteiger charge is 2.70. The second kappa shape index (κ2) is 19.6. The van der Waals surface area contributed by atoms with E-state index >= 15 is 0 Å². The first-order chi connectivity index (χ1) is 26.5. The summed E-state index contributed by atoms with van der Waals surface area (Å²) in [5, 5.41) is 35.3. The molecule has 0 spiro atoms. The van der Waals surface area contributed by atoms with Gasteiger partial charge in [-0.1, -0.05) is 112 Å². The molecule has 5 fully saturated rings. The molecule has 0 heterocycles. The highest BCUT2D eigenvalue weighted by Crippen LogP contribution is 2.78. The number of fused-ring (bicyclic) bond motifs is 7. The molecule has 4 N–H and O–H groups in total. The van der Waals surface area contributed by atoms with Gasteiger partial charge in [-0.05, 0) is 172 Å². The largest absolute Gasteiger partial charge is 0.390 e. The lowest BCUT2D eigenvalue weighted by atomic mass is 9.32. The molecule has 5 heteroatoms. The fourth-order valence-corrected chi connectivity index (χ4v) is 15.5. The zero-order valence-corrected chi connectivity index (χ0v) is 38.0. The standard InChI is InChI=1S/C51H91NO4/c1-9-10-11-12-13-14-15-16-17-18-19-20-21-23-45(55)52-36-41(54)46(56)40(53)25-24-37(2)38-28-33-48(5)39(38)29-34-50(7)43(48)26-27-44-49(6)32-22-31-47(3,4)42(49)30-35-51(44,50)8/h14-15,37-44,46,53-54,56H,9-13,16-36H2,1-8H3,(H,52,55). The van der Waals surface area contributed by atoms with Crippen LogP contribution in [0.5, 0.6) is 0 Å². The fourth-order valence-electron chi connectivity index (χ4n) is 15.5. The molecule has 5 nitrogen and oxygen atoms in total. The lowest BCUT2D eigenvalue weighted by Crippen LogP contribution is -2.65. The van der Waals surface area contributed by atoms with Gasteiger partial charge in [0.05, 0.1) is 12.2 Å². The average molecular weight is 782 g/mol. The van der Waals surface area contributed by atoms with Gasteiger partial charge in [0.1, 0.15) is 6.10 Å². The predicted octanol–water partition coefficient (Wildman–Crippen LogP) is 12.4. The lowest BCUT2D eigenvalue weighted by molar-refractivity contribution is -0.241. The molecule has 13 atom stereocenters. The molecule has 0 bridgehead atoms. The van der Waals surface area contributed by atoms with E-state index in [2.05, 4.69) is 72.9 Å². The van der Waals surface area contributed by atoms with Crippen molar-refractivity contribution in [2.24, 2.45) is 62.6 Å². The Morgan fingerprint density at radius 1 is 0.661 bits per heavy atom. The third kappa shape index (κ3) is 9.66. The van der Waals surface area contributed by atoms with Crippen LogP contribution in [0.25, 0.3) is 0 Å². The monoisotopic (exact) mass is 782 g/mol. The van der Waals surface area contributed by atoms with E-state index in [1.165, 1.54) is 116 Å².